The van der Waals surface area contributed by atoms with Crippen LogP contribution in [0.5, 0.6) is 0 Å². The maximum Gasteiger partial charge on any atom is 0.338 e. The van der Waals surface area contributed by atoms with Gasteiger partial charge in [-0.25, -0.2) is 4.79 Å². The molecule has 0 aliphatic carbocycles. The summed E-state index contributed by atoms with van der Waals surface area (Å²) in [6, 6.07) is 15.4. The predicted molar refractivity (Wildman–Crippen MR) is 108 cm³/mol. The fourth-order valence-corrected chi connectivity index (χ4v) is 3.27. The standard InChI is InChI=1S/C22H22ClNO5/c23-19-8-6-16(7-9-19)20(25)24-12-10-18(11-13-24)22(27)29-15-14-28-21(26)17-4-2-1-3-5-17/h1-9,18H,10-15H2. The highest BCUT2D eigenvalue weighted by Crippen LogP contribution is 2.21. The molecule has 1 amide bonds. The second kappa shape index (κ2) is 10.1. The molecule has 29 heavy (non-hydrogen) atoms. The quantitative estimate of drug-likeness (QED) is 0.532. The lowest BCUT2D eigenvalue weighted by Gasteiger charge is -2.31. The fraction of sp³-hybridized carbons (Fsp3) is 0.318. The Bertz CT molecular complexity index is 845. The minimum absolute atomic E-state index is 0.00731. The number of benzene rings is 2. The molecule has 0 bridgehead atoms. The summed E-state index contributed by atoms with van der Waals surface area (Å²) in [6.45, 7) is 1.00. The van der Waals surface area contributed by atoms with Gasteiger partial charge in [0.15, 0.2) is 0 Å². The molecule has 1 heterocycles. The molecule has 0 atom stereocenters. The highest BCUT2D eigenvalue weighted by Gasteiger charge is 2.28. The van der Waals surface area contributed by atoms with Crippen LogP contribution in [-0.4, -0.2) is 49.0 Å². The van der Waals surface area contributed by atoms with E-state index in [1.54, 1.807) is 53.4 Å². The van der Waals surface area contributed by atoms with Crippen molar-refractivity contribution in [1.82, 2.24) is 4.90 Å². The average Bonchev–Trinajstić information content (AvgIpc) is 2.77. The van der Waals surface area contributed by atoms with E-state index in [4.69, 9.17) is 21.1 Å². The second-order valence-corrected chi connectivity index (χ2v) is 7.18. The number of piperidine rings is 1. The van der Waals surface area contributed by atoms with Crippen LogP contribution in [0.1, 0.15) is 33.6 Å². The number of hydrogen-bond acceptors (Lipinski definition) is 5. The van der Waals surface area contributed by atoms with E-state index in [1.807, 2.05) is 6.07 Å². The molecule has 0 N–H and O–H groups in total. The summed E-state index contributed by atoms with van der Waals surface area (Å²) in [5.74, 6) is -1.09. The van der Waals surface area contributed by atoms with Gasteiger partial charge in [0.1, 0.15) is 13.2 Å². The van der Waals surface area contributed by atoms with Gasteiger partial charge in [0.25, 0.3) is 5.91 Å². The van der Waals surface area contributed by atoms with Crippen molar-refractivity contribution in [3.05, 3.63) is 70.7 Å². The zero-order valence-electron chi connectivity index (χ0n) is 15.9. The van der Waals surface area contributed by atoms with Crippen molar-refractivity contribution < 1.29 is 23.9 Å². The van der Waals surface area contributed by atoms with Gasteiger partial charge in [0.2, 0.25) is 0 Å². The van der Waals surface area contributed by atoms with E-state index in [1.165, 1.54) is 0 Å². The molecule has 1 fully saturated rings. The molecule has 2 aromatic rings. The highest BCUT2D eigenvalue weighted by molar-refractivity contribution is 6.30. The smallest absolute Gasteiger partial charge is 0.338 e. The van der Waals surface area contributed by atoms with Crippen LogP contribution >= 0.6 is 11.6 Å². The van der Waals surface area contributed by atoms with Crippen LogP contribution in [-0.2, 0) is 14.3 Å². The van der Waals surface area contributed by atoms with Crippen molar-refractivity contribution >= 4 is 29.4 Å². The Morgan fingerprint density at radius 1 is 0.862 bits per heavy atom. The molecule has 0 radical (unpaired) electrons. The predicted octanol–water partition coefficient (Wildman–Crippen LogP) is 3.59. The maximum atomic E-state index is 12.5. The Balaban J connectivity index is 1.37. The monoisotopic (exact) mass is 415 g/mol. The lowest BCUT2D eigenvalue weighted by molar-refractivity contribution is -0.151. The van der Waals surface area contributed by atoms with Crippen LogP contribution in [0.25, 0.3) is 0 Å². The van der Waals surface area contributed by atoms with Gasteiger partial charge in [-0.2, -0.15) is 0 Å². The first-order chi connectivity index (χ1) is 14.0. The highest BCUT2D eigenvalue weighted by atomic mass is 35.5. The van der Waals surface area contributed by atoms with Crippen molar-refractivity contribution in [2.75, 3.05) is 26.3 Å². The van der Waals surface area contributed by atoms with E-state index < -0.39 is 5.97 Å². The van der Waals surface area contributed by atoms with Crippen LogP contribution in [0.4, 0.5) is 0 Å². The third kappa shape index (κ3) is 5.81. The summed E-state index contributed by atoms with van der Waals surface area (Å²) < 4.78 is 10.3. The van der Waals surface area contributed by atoms with E-state index in [9.17, 15) is 14.4 Å². The van der Waals surface area contributed by atoms with Crippen LogP contribution in [0.3, 0.4) is 0 Å². The van der Waals surface area contributed by atoms with E-state index >= 15 is 0 Å². The molecular weight excluding hydrogens is 394 g/mol. The van der Waals surface area contributed by atoms with Crippen LogP contribution in [0.15, 0.2) is 54.6 Å². The molecule has 152 valence electrons. The van der Waals surface area contributed by atoms with Crippen molar-refractivity contribution in [1.29, 1.82) is 0 Å². The van der Waals surface area contributed by atoms with Crippen LogP contribution in [0.2, 0.25) is 5.02 Å². The Morgan fingerprint density at radius 2 is 1.48 bits per heavy atom. The van der Waals surface area contributed by atoms with Crippen molar-refractivity contribution in [3.8, 4) is 0 Å². The summed E-state index contributed by atoms with van der Waals surface area (Å²) in [5, 5.41) is 0.581. The van der Waals surface area contributed by atoms with Gasteiger partial charge in [-0.15, -0.1) is 0 Å². The van der Waals surface area contributed by atoms with Gasteiger partial charge in [-0.1, -0.05) is 29.8 Å². The molecule has 1 aliphatic heterocycles. The number of esters is 2. The molecular formula is C22H22ClNO5. The topological polar surface area (TPSA) is 72.9 Å². The number of carbonyl (C=O) groups is 3. The summed E-state index contributed by atoms with van der Waals surface area (Å²) in [4.78, 5) is 38.3. The number of hydrogen-bond donors (Lipinski definition) is 0. The lowest BCUT2D eigenvalue weighted by atomic mass is 9.96. The first kappa shape index (κ1) is 20.9. The minimum atomic E-state index is -0.448. The second-order valence-electron chi connectivity index (χ2n) is 6.74. The minimum Gasteiger partial charge on any atom is -0.462 e. The molecule has 0 saturated carbocycles. The number of nitrogens with zero attached hydrogens (tertiary/aromatic N) is 1. The van der Waals surface area contributed by atoms with Crippen LogP contribution in [0, 0.1) is 5.92 Å². The van der Waals surface area contributed by atoms with E-state index in [0.717, 1.165) is 0 Å². The molecule has 1 saturated heterocycles. The largest absolute Gasteiger partial charge is 0.462 e. The molecule has 0 unspecified atom stereocenters. The van der Waals surface area contributed by atoms with Gasteiger partial charge < -0.3 is 14.4 Å². The van der Waals surface area contributed by atoms with Gasteiger partial charge in [-0.3, -0.25) is 9.59 Å². The molecule has 2 aromatic carbocycles. The Kier molecular flexibility index (Phi) is 7.25. The van der Waals surface area contributed by atoms with Gasteiger partial charge in [-0.05, 0) is 49.2 Å². The van der Waals surface area contributed by atoms with Crippen molar-refractivity contribution in [2.24, 2.45) is 5.92 Å². The third-order valence-electron chi connectivity index (χ3n) is 4.78. The number of amides is 1. The summed E-state index contributed by atoms with van der Waals surface area (Å²) in [5.41, 5.74) is 1.03. The molecule has 0 spiro atoms. The Labute approximate surface area is 174 Å². The number of ether oxygens (including phenoxy) is 2. The zero-order chi connectivity index (χ0) is 20.6. The van der Waals surface area contributed by atoms with Gasteiger partial charge in [0, 0.05) is 23.7 Å². The molecule has 6 nitrogen and oxygen atoms in total. The number of likely N-dealkylation sites (tertiary alicyclic amines) is 1. The first-order valence-electron chi connectivity index (χ1n) is 9.48. The van der Waals surface area contributed by atoms with Gasteiger partial charge >= 0.3 is 11.9 Å². The summed E-state index contributed by atoms with van der Waals surface area (Å²) in [7, 11) is 0. The molecule has 0 aromatic heterocycles. The first-order valence-corrected chi connectivity index (χ1v) is 9.86. The normalized spacial score (nSPS) is 14.3. The summed E-state index contributed by atoms with van der Waals surface area (Å²) >= 11 is 5.85. The van der Waals surface area contributed by atoms with E-state index in [2.05, 4.69) is 0 Å². The maximum absolute atomic E-state index is 12.5. The van der Waals surface area contributed by atoms with Crippen LogP contribution < -0.4 is 0 Å². The molecule has 3 rings (SSSR count). The fourth-order valence-electron chi connectivity index (χ4n) is 3.15. The van der Waals surface area contributed by atoms with Gasteiger partial charge in [0.05, 0.1) is 11.5 Å². The number of rotatable bonds is 6. The van der Waals surface area contributed by atoms with E-state index in [-0.39, 0.29) is 31.0 Å². The van der Waals surface area contributed by atoms with Crippen molar-refractivity contribution in [2.45, 2.75) is 12.8 Å². The molecule has 1 aliphatic rings. The van der Waals surface area contributed by atoms with Crippen molar-refractivity contribution in [3.63, 3.8) is 0 Å². The molecule has 7 heteroatoms. The lowest BCUT2D eigenvalue weighted by Crippen LogP contribution is -2.40. The SMILES string of the molecule is O=C(OCCOC(=O)C1CCN(C(=O)c2ccc(Cl)cc2)CC1)c1ccccc1. The van der Waals surface area contributed by atoms with E-state index in [0.29, 0.717) is 42.1 Å². The zero-order valence-corrected chi connectivity index (χ0v) is 16.6. The summed E-state index contributed by atoms with van der Waals surface area (Å²) in [6.07, 6.45) is 1.09. The number of halogens is 1. The Morgan fingerprint density at radius 3 is 2.14 bits per heavy atom. The third-order valence-corrected chi connectivity index (χ3v) is 5.03. The average molecular weight is 416 g/mol. The number of carbonyl (C=O) groups excluding carboxylic acids is 3. The Hall–Kier alpha value is -2.86.